The average molecular weight is 302 g/mol. The number of aryl methyl sites for hydroxylation is 1. The van der Waals surface area contributed by atoms with Crippen LogP contribution in [0, 0.1) is 0 Å². The fourth-order valence-electron chi connectivity index (χ4n) is 2.19. The minimum Gasteiger partial charge on any atom is -0.481 e. The van der Waals surface area contributed by atoms with E-state index in [0.717, 1.165) is 23.5 Å². The monoisotopic (exact) mass is 302 g/mol. The molecule has 2 aromatic rings. The Kier molecular flexibility index (Phi) is 3.74. The number of aliphatic carboxylic acids is 1. The van der Waals surface area contributed by atoms with Crippen LogP contribution >= 0.6 is 11.8 Å². The van der Waals surface area contributed by atoms with E-state index in [9.17, 15) is 4.79 Å². The van der Waals surface area contributed by atoms with Gasteiger partial charge in [-0.05, 0) is 5.56 Å². The molecule has 2 heterocycles. The average Bonchev–Trinajstić information content (AvgIpc) is 2.88. The summed E-state index contributed by atoms with van der Waals surface area (Å²) in [5.74, 6) is -0.0699. The Morgan fingerprint density at radius 3 is 2.76 bits per heavy atom. The second kappa shape index (κ2) is 5.69. The van der Waals surface area contributed by atoms with E-state index in [0.29, 0.717) is 5.16 Å². The molecule has 0 saturated heterocycles. The first kappa shape index (κ1) is 13.8. The van der Waals surface area contributed by atoms with Crippen molar-refractivity contribution >= 4 is 23.4 Å². The number of thioether (sulfide) groups is 1. The van der Waals surface area contributed by atoms with Gasteiger partial charge in [0.2, 0.25) is 5.16 Å². The highest BCUT2D eigenvalue weighted by molar-refractivity contribution is 8.00. The van der Waals surface area contributed by atoms with Gasteiger partial charge in [-0.15, -0.1) is 10.2 Å². The van der Waals surface area contributed by atoms with E-state index in [1.807, 2.05) is 37.3 Å². The summed E-state index contributed by atoms with van der Waals surface area (Å²) in [5.41, 5.74) is 1.68. The van der Waals surface area contributed by atoms with E-state index >= 15 is 0 Å². The fraction of sp³-hybridized carbons (Fsp3) is 0.286. The number of hydrogen-bond acceptors (Lipinski definition) is 5. The predicted octanol–water partition coefficient (Wildman–Crippen LogP) is 2.04. The van der Waals surface area contributed by atoms with Gasteiger partial charge in [-0.3, -0.25) is 4.79 Å². The summed E-state index contributed by atoms with van der Waals surface area (Å²) in [6.45, 7) is 1.99. The number of aromatic nitrogens is 3. The normalized spacial score (nSPS) is 17.2. The molecule has 1 aromatic carbocycles. The third kappa shape index (κ3) is 2.69. The summed E-state index contributed by atoms with van der Waals surface area (Å²) in [6, 6.07) is 9.64. The van der Waals surface area contributed by atoms with Crippen molar-refractivity contribution < 1.29 is 9.90 Å². The van der Waals surface area contributed by atoms with E-state index in [2.05, 4.69) is 15.3 Å². The zero-order valence-electron chi connectivity index (χ0n) is 11.4. The van der Waals surface area contributed by atoms with E-state index in [-0.39, 0.29) is 11.7 Å². The zero-order chi connectivity index (χ0) is 14.8. The van der Waals surface area contributed by atoms with E-state index in [4.69, 9.17) is 5.11 Å². The van der Waals surface area contributed by atoms with Gasteiger partial charge in [-0.25, -0.2) is 0 Å². The van der Waals surface area contributed by atoms with Crippen LogP contribution < -0.4 is 0 Å². The summed E-state index contributed by atoms with van der Waals surface area (Å²) < 4.78 is 1.71. The molecule has 0 saturated carbocycles. The molecule has 1 aliphatic rings. The topological polar surface area (TPSA) is 80.4 Å². The summed E-state index contributed by atoms with van der Waals surface area (Å²) in [6.07, 6.45) is 0.732. The van der Waals surface area contributed by atoms with Crippen LogP contribution in [0.3, 0.4) is 0 Å². The molecule has 0 aliphatic carbocycles. The SMILES string of the molecule is CCc1nnc2n1N=C(c1ccccc1)[C@@H](CC(=O)O)S2. The molecule has 1 aliphatic heterocycles. The van der Waals surface area contributed by atoms with Crippen molar-refractivity contribution in [3.63, 3.8) is 0 Å². The van der Waals surface area contributed by atoms with Crippen LogP contribution in [-0.4, -0.2) is 36.9 Å². The number of rotatable bonds is 4. The lowest BCUT2D eigenvalue weighted by Crippen LogP contribution is -2.27. The van der Waals surface area contributed by atoms with E-state index in [1.54, 1.807) is 4.68 Å². The highest BCUT2D eigenvalue weighted by atomic mass is 32.2. The van der Waals surface area contributed by atoms with Crippen molar-refractivity contribution in [2.45, 2.75) is 30.2 Å². The summed E-state index contributed by atoms with van der Waals surface area (Å²) in [7, 11) is 0. The molecule has 7 heteroatoms. The molecule has 0 bridgehead atoms. The molecular formula is C14H14N4O2S. The minimum atomic E-state index is -0.847. The first-order valence-electron chi connectivity index (χ1n) is 6.66. The van der Waals surface area contributed by atoms with Crippen LogP contribution in [0.25, 0.3) is 0 Å². The lowest BCUT2D eigenvalue weighted by Gasteiger charge is -2.21. The van der Waals surface area contributed by atoms with Crippen molar-refractivity contribution in [1.82, 2.24) is 14.9 Å². The first-order chi connectivity index (χ1) is 10.2. The van der Waals surface area contributed by atoms with E-state index in [1.165, 1.54) is 11.8 Å². The molecule has 3 rings (SSSR count). The van der Waals surface area contributed by atoms with Crippen LogP contribution in [0.15, 0.2) is 40.6 Å². The van der Waals surface area contributed by atoms with Crippen molar-refractivity contribution in [2.24, 2.45) is 5.10 Å². The van der Waals surface area contributed by atoms with Gasteiger partial charge in [-0.2, -0.15) is 9.78 Å². The highest BCUT2D eigenvalue weighted by Crippen LogP contribution is 2.32. The number of carboxylic acid groups (broad SMARTS) is 1. The Morgan fingerprint density at radius 1 is 1.33 bits per heavy atom. The third-order valence-electron chi connectivity index (χ3n) is 3.18. The summed E-state index contributed by atoms with van der Waals surface area (Å²) in [5, 5.41) is 22.3. The van der Waals surface area contributed by atoms with Gasteiger partial charge in [0.25, 0.3) is 0 Å². The Bertz CT molecular complexity index is 696. The Hall–Kier alpha value is -2.15. The van der Waals surface area contributed by atoms with Crippen molar-refractivity contribution in [3.05, 3.63) is 41.7 Å². The molecule has 21 heavy (non-hydrogen) atoms. The molecule has 1 aromatic heterocycles. The third-order valence-corrected chi connectivity index (χ3v) is 4.32. The Balaban J connectivity index is 2.07. The maximum absolute atomic E-state index is 11.1. The second-order valence-electron chi connectivity index (χ2n) is 4.62. The Labute approximate surface area is 125 Å². The number of nitrogens with zero attached hydrogens (tertiary/aromatic N) is 4. The van der Waals surface area contributed by atoms with Gasteiger partial charge in [0.1, 0.15) is 0 Å². The van der Waals surface area contributed by atoms with E-state index < -0.39 is 5.97 Å². The van der Waals surface area contributed by atoms with Crippen LogP contribution in [0.4, 0.5) is 0 Å². The van der Waals surface area contributed by atoms with Crippen molar-refractivity contribution in [1.29, 1.82) is 0 Å². The molecule has 0 fully saturated rings. The van der Waals surface area contributed by atoms with Crippen molar-refractivity contribution in [3.8, 4) is 0 Å². The van der Waals surface area contributed by atoms with Gasteiger partial charge in [0.15, 0.2) is 5.82 Å². The zero-order valence-corrected chi connectivity index (χ0v) is 12.2. The molecule has 0 radical (unpaired) electrons. The number of benzene rings is 1. The first-order valence-corrected chi connectivity index (χ1v) is 7.54. The molecule has 6 nitrogen and oxygen atoms in total. The van der Waals surface area contributed by atoms with Crippen LogP contribution in [0.5, 0.6) is 0 Å². The number of carboxylic acids is 1. The van der Waals surface area contributed by atoms with Crippen LogP contribution in [-0.2, 0) is 11.2 Å². The number of hydrogen-bond donors (Lipinski definition) is 1. The minimum absolute atomic E-state index is 0.00666. The summed E-state index contributed by atoms with van der Waals surface area (Å²) in [4.78, 5) is 11.1. The lowest BCUT2D eigenvalue weighted by molar-refractivity contribution is -0.136. The van der Waals surface area contributed by atoms with Gasteiger partial charge in [0.05, 0.1) is 17.4 Å². The molecule has 0 spiro atoms. The van der Waals surface area contributed by atoms with Crippen LogP contribution in [0.1, 0.15) is 24.7 Å². The van der Waals surface area contributed by atoms with Crippen LogP contribution in [0.2, 0.25) is 0 Å². The van der Waals surface area contributed by atoms with Gasteiger partial charge in [-0.1, -0.05) is 49.0 Å². The highest BCUT2D eigenvalue weighted by Gasteiger charge is 2.30. The molecule has 108 valence electrons. The van der Waals surface area contributed by atoms with Crippen molar-refractivity contribution in [2.75, 3.05) is 0 Å². The largest absolute Gasteiger partial charge is 0.481 e. The molecule has 0 unspecified atom stereocenters. The Morgan fingerprint density at radius 2 is 2.10 bits per heavy atom. The lowest BCUT2D eigenvalue weighted by atomic mass is 10.1. The maximum Gasteiger partial charge on any atom is 0.304 e. The van der Waals surface area contributed by atoms with Gasteiger partial charge >= 0.3 is 5.97 Å². The summed E-state index contributed by atoms with van der Waals surface area (Å²) >= 11 is 1.40. The van der Waals surface area contributed by atoms with Gasteiger partial charge in [0, 0.05) is 6.42 Å². The number of carbonyl (C=O) groups is 1. The predicted molar refractivity (Wildman–Crippen MR) is 79.7 cm³/mol. The standard InChI is InChI=1S/C14H14N4O2S/c1-2-11-15-16-14-18(11)17-13(9-6-4-3-5-7-9)10(21-14)8-12(19)20/h3-7,10H,2,8H2,1H3,(H,19,20)/t10-/m1/s1. The molecule has 0 amide bonds. The molecular weight excluding hydrogens is 288 g/mol. The maximum atomic E-state index is 11.1. The fourth-order valence-corrected chi connectivity index (χ4v) is 3.30. The smallest absolute Gasteiger partial charge is 0.304 e. The van der Waals surface area contributed by atoms with Gasteiger partial charge < -0.3 is 5.11 Å². The molecule has 1 atom stereocenters. The second-order valence-corrected chi connectivity index (χ2v) is 5.79. The quantitative estimate of drug-likeness (QED) is 0.935. The molecule has 1 N–H and O–H groups in total. The number of fused-ring (bicyclic) bond motifs is 1.